The number of carbonyl (C=O) groups is 1. The molecule has 4 rings (SSSR count). The number of hydrogen-bond acceptors (Lipinski definition) is 4. The smallest absolute Gasteiger partial charge is 0.254 e. The number of fused-ring (bicyclic) bond motifs is 1. The molecule has 0 unspecified atom stereocenters. The van der Waals surface area contributed by atoms with Gasteiger partial charge in [0, 0.05) is 17.1 Å². The molecule has 4 aromatic rings. The summed E-state index contributed by atoms with van der Waals surface area (Å²) in [6, 6.07) is 13.4. The number of halogens is 3. The molecule has 1 heterocycles. The molecular formula is C24H17ClF2N2O4. The highest BCUT2D eigenvalue weighted by atomic mass is 35.5. The molecule has 0 radical (unpaired) electrons. The van der Waals surface area contributed by atoms with Gasteiger partial charge in [0.1, 0.15) is 11.3 Å². The second kappa shape index (κ2) is 9.01. The zero-order valence-corrected chi connectivity index (χ0v) is 17.7. The molecule has 1 aromatic heterocycles. The maximum Gasteiger partial charge on any atom is 0.254 e. The molecule has 33 heavy (non-hydrogen) atoms. The van der Waals surface area contributed by atoms with Gasteiger partial charge in [0.05, 0.1) is 17.5 Å². The van der Waals surface area contributed by atoms with Gasteiger partial charge in [-0.3, -0.25) is 9.59 Å². The molecule has 0 aliphatic carbocycles. The summed E-state index contributed by atoms with van der Waals surface area (Å²) < 4.78 is 35.4. The van der Waals surface area contributed by atoms with Crippen LogP contribution in [0.25, 0.3) is 10.9 Å². The Bertz CT molecular complexity index is 1420. The summed E-state index contributed by atoms with van der Waals surface area (Å²) in [7, 11) is 0. The van der Waals surface area contributed by atoms with Crippen molar-refractivity contribution in [1.29, 1.82) is 0 Å². The van der Waals surface area contributed by atoms with Crippen LogP contribution in [-0.2, 0) is 13.0 Å². The van der Waals surface area contributed by atoms with Crippen molar-refractivity contribution in [3.63, 3.8) is 0 Å². The van der Waals surface area contributed by atoms with Gasteiger partial charge in [0.2, 0.25) is 11.2 Å². The van der Waals surface area contributed by atoms with Gasteiger partial charge in [0.15, 0.2) is 11.6 Å². The fraction of sp³-hybridized carbons (Fsp3) is 0.0833. The third kappa shape index (κ3) is 4.44. The molecule has 3 aromatic carbocycles. The Morgan fingerprint density at radius 2 is 1.70 bits per heavy atom. The van der Waals surface area contributed by atoms with Gasteiger partial charge in [0.25, 0.3) is 5.91 Å². The molecule has 0 fully saturated rings. The molecule has 0 atom stereocenters. The van der Waals surface area contributed by atoms with E-state index in [4.69, 9.17) is 27.2 Å². The average Bonchev–Trinajstić information content (AvgIpc) is 2.79. The molecule has 0 saturated heterocycles. The minimum atomic E-state index is -1.14. The summed E-state index contributed by atoms with van der Waals surface area (Å²) >= 11 is 5.89. The standard InChI is InChI=1S/C24H17ClF2N2O4/c25-14-5-1-12(2-6-14)9-18-19(24(28)32)22(31)16-10-17(26)23(20(27)21(16)29-18)33-15-7-3-13(11-30)4-8-15/h1-8,10,30H,9,11H2,(H2,28,32)(H,29,31). The Morgan fingerprint density at radius 3 is 2.30 bits per heavy atom. The number of aliphatic hydroxyl groups excluding tert-OH is 1. The lowest BCUT2D eigenvalue weighted by atomic mass is 10.0. The van der Waals surface area contributed by atoms with Crippen molar-refractivity contribution in [2.24, 2.45) is 5.73 Å². The number of ether oxygens (including phenoxy) is 1. The maximum atomic E-state index is 15.3. The molecule has 1 amide bonds. The van der Waals surface area contributed by atoms with Gasteiger partial charge < -0.3 is 20.6 Å². The van der Waals surface area contributed by atoms with Crippen molar-refractivity contribution in [2.45, 2.75) is 13.0 Å². The lowest BCUT2D eigenvalue weighted by molar-refractivity contribution is 0.0998. The largest absolute Gasteiger partial charge is 0.451 e. The summed E-state index contributed by atoms with van der Waals surface area (Å²) in [5.74, 6) is -3.88. The fourth-order valence-electron chi connectivity index (χ4n) is 3.46. The van der Waals surface area contributed by atoms with Crippen LogP contribution in [0.15, 0.2) is 59.4 Å². The van der Waals surface area contributed by atoms with Crippen LogP contribution in [0.2, 0.25) is 5.02 Å². The second-order valence-corrected chi connectivity index (χ2v) is 7.74. The van der Waals surface area contributed by atoms with Gasteiger partial charge in [-0.2, -0.15) is 0 Å². The minimum absolute atomic E-state index is 0.0518. The van der Waals surface area contributed by atoms with Crippen LogP contribution in [0.5, 0.6) is 11.5 Å². The van der Waals surface area contributed by atoms with Crippen LogP contribution in [0.4, 0.5) is 8.78 Å². The quantitative estimate of drug-likeness (QED) is 0.387. The predicted molar refractivity (Wildman–Crippen MR) is 120 cm³/mol. The number of benzene rings is 3. The summed E-state index contributed by atoms with van der Waals surface area (Å²) in [5.41, 5.74) is 5.16. The van der Waals surface area contributed by atoms with Crippen LogP contribution < -0.4 is 15.9 Å². The molecule has 0 saturated carbocycles. The first-order valence-electron chi connectivity index (χ1n) is 9.77. The van der Waals surface area contributed by atoms with Crippen LogP contribution in [0.3, 0.4) is 0 Å². The van der Waals surface area contributed by atoms with Crippen molar-refractivity contribution < 1.29 is 23.4 Å². The van der Waals surface area contributed by atoms with E-state index in [0.29, 0.717) is 16.1 Å². The average molecular weight is 471 g/mol. The number of amides is 1. The van der Waals surface area contributed by atoms with Gasteiger partial charge in [-0.1, -0.05) is 35.9 Å². The van der Waals surface area contributed by atoms with E-state index < -0.39 is 28.7 Å². The molecular weight excluding hydrogens is 454 g/mol. The summed E-state index contributed by atoms with van der Waals surface area (Å²) in [6.07, 6.45) is 0.0518. The number of aromatic nitrogens is 1. The molecule has 0 aliphatic rings. The van der Waals surface area contributed by atoms with Crippen molar-refractivity contribution in [1.82, 2.24) is 4.98 Å². The van der Waals surface area contributed by atoms with Crippen LogP contribution in [0.1, 0.15) is 27.2 Å². The third-order valence-electron chi connectivity index (χ3n) is 5.09. The van der Waals surface area contributed by atoms with E-state index in [2.05, 4.69) is 4.98 Å². The maximum absolute atomic E-state index is 15.3. The van der Waals surface area contributed by atoms with E-state index in [1.54, 1.807) is 24.3 Å². The zero-order valence-electron chi connectivity index (χ0n) is 17.0. The number of carbonyl (C=O) groups excluding carboxylic acids is 1. The number of rotatable bonds is 6. The third-order valence-corrected chi connectivity index (χ3v) is 5.34. The van der Waals surface area contributed by atoms with Crippen molar-refractivity contribution in [2.75, 3.05) is 0 Å². The van der Waals surface area contributed by atoms with Crippen LogP contribution >= 0.6 is 11.6 Å². The normalized spacial score (nSPS) is 11.0. The van der Waals surface area contributed by atoms with E-state index in [1.165, 1.54) is 24.3 Å². The SMILES string of the molecule is NC(=O)c1c(Cc2ccc(Cl)cc2)[nH]c2c(F)c(Oc3ccc(CO)cc3)c(F)cc2c1=O. The number of hydrogen-bond donors (Lipinski definition) is 3. The van der Waals surface area contributed by atoms with Crippen molar-refractivity contribution >= 4 is 28.4 Å². The first-order chi connectivity index (χ1) is 15.8. The minimum Gasteiger partial charge on any atom is -0.451 e. The lowest BCUT2D eigenvalue weighted by Gasteiger charge is -2.13. The van der Waals surface area contributed by atoms with Gasteiger partial charge in [-0.25, -0.2) is 8.78 Å². The Kier molecular flexibility index (Phi) is 6.13. The molecule has 4 N–H and O–H groups in total. The predicted octanol–water partition coefficient (Wildman–Crippen LogP) is 4.43. The zero-order chi connectivity index (χ0) is 23.7. The fourth-order valence-corrected chi connectivity index (χ4v) is 3.59. The van der Waals surface area contributed by atoms with Crippen LogP contribution in [0, 0.1) is 11.6 Å². The monoisotopic (exact) mass is 470 g/mol. The summed E-state index contributed by atoms with van der Waals surface area (Å²) in [6.45, 7) is -0.196. The number of H-pyrrole nitrogens is 1. The van der Waals surface area contributed by atoms with E-state index in [0.717, 1.165) is 6.07 Å². The Hall–Kier alpha value is -3.75. The highest BCUT2D eigenvalue weighted by molar-refractivity contribution is 6.30. The highest BCUT2D eigenvalue weighted by Crippen LogP contribution is 2.32. The number of aromatic amines is 1. The number of aliphatic hydroxyl groups is 1. The van der Waals surface area contributed by atoms with Gasteiger partial charge in [-0.15, -0.1) is 0 Å². The van der Waals surface area contributed by atoms with Gasteiger partial charge >= 0.3 is 0 Å². The molecule has 0 spiro atoms. The molecule has 0 aliphatic heterocycles. The Morgan fingerprint density at radius 1 is 1.06 bits per heavy atom. The first kappa shape index (κ1) is 22.4. The lowest BCUT2D eigenvalue weighted by Crippen LogP contribution is -2.26. The molecule has 168 valence electrons. The highest BCUT2D eigenvalue weighted by Gasteiger charge is 2.23. The van der Waals surface area contributed by atoms with Gasteiger partial charge in [-0.05, 0) is 41.5 Å². The molecule has 0 bridgehead atoms. The summed E-state index contributed by atoms with van der Waals surface area (Å²) in [4.78, 5) is 27.7. The first-order valence-corrected chi connectivity index (χ1v) is 10.1. The van der Waals surface area contributed by atoms with E-state index in [9.17, 15) is 14.0 Å². The number of nitrogens with two attached hydrogens (primary N) is 1. The Labute approximate surface area is 191 Å². The van der Waals surface area contributed by atoms with E-state index >= 15 is 4.39 Å². The Balaban J connectivity index is 1.86. The number of primary amides is 1. The molecule has 6 nitrogen and oxygen atoms in total. The van der Waals surface area contributed by atoms with E-state index in [-0.39, 0.29) is 40.9 Å². The second-order valence-electron chi connectivity index (χ2n) is 7.30. The number of pyridine rings is 1. The van der Waals surface area contributed by atoms with Crippen molar-refractivity contribution in [3.05, 3.63) is 104 Å². The van der Waals surface area contributed by atoms with Crippen LogP contribution in [-0.4, -0.2) is 16.0 Å². The number of nitrogens with one attached hydrogen (secondary N) is 1. The van der Waals surface area contributed by atoms with Crippen molar-refractivity contribution in [3.8, 4) is 11.5 Å². The topological polar surface area (TPSA) is 105 Å². The summed E-state index contributed by atoms with van der Waals surface area (Å²) in [5, 5.41) is 9.25. The van der Waals surface area contributed by atoms with E-state index in [1.807, 2.05) is 0 Å². The molecule has 9 heteroatoms.